The molecular weight excluding hydrogens is 795 g/mol. The fourth-order valence-corrected chi connectivity index (χ4v) is 8.51. The molecule has 2 atom stereocenters. The largest absolute Gasteiger partial charge is 0.394 e. The normalized spacial score (nSPS) is 13.4. The smallest absolute Gasteiger partial charge is 0.220 e. The molecule has 0 spiro atoms. The first-order valence-electron chi connectivity index (χ1n) is 28.7. The molecule has 0 aromatic rings. The highest BCUT2D eigenvalue weighted by Crippen LogP contribution is 2.17. The summed E-state index contributed by atoms with van der Waals surface area (Å²) in [5.74, 6) is -0.0762. The SMILES string of the molecule is CCCCCC/C=C/CC/C=C/CC/C=C/C(O)C(CO)NC(=O)CCCCCCCCCCCCCCCCCCCCCCCCCC/C=C\C/C=C\C/C=C\CCCCCCC. The van der Waals surface area contributed by atoms with E-state index in [-0.39, 0.29) is 12.5 Å². The average molecular weight is 907 g/mol. The van der Waals surface area contributed by atoms with Crippen LogP contribution < -0.4 is 5.32 Å². The highest BCUT2D eigenvalue weighted by atomic mass is 16.3. The maximum absolute atomic E-state index is 12.4. The molecule has 3 N–H and O–H groups in total. The Kier molecular flexibility index (Phi) is 54.3. The molecule has 0 rings (SSSR count). The molecule has 0 aromatic carbocycles. The second kappa shape index (κ2) is 56.2. The molecule has 0 aliphatic rings. The summed E-state index contributed by atoms with van der Waals surface area (Å²) in [7, 11) is 0. The highest BCUT2D eigenvalue weighted by Gasteiger charge is 2.18. The fourth-order valence-electron chi connectivity index (χ4n) is 8.51. The van der Waals surface area contributed by atoms with Gasteiger partial charge in [-0.3, -0.25) is 4.79 Å². The zero-order valence-corrected chi connectivity index (χ0v) is 43.5. The molecule has 0 aliphatic carbocycles. The van der Waals surface area contributed by atoms with Gasteiger partial charge in [0, 0.05) is 6.42 Å². The zero-order chi connectivity index (χ0) is 47.0. The van der Waals surface area contributed by atoms with Crippen LogP contribution in [0, 0.1) is 0 Å². The van der Waals surface area contributed by atoms with Gasteiger partial charge in [-0.2, -0.15) is 0 Å². The van der Waals surface area contributed by atoms with Crippen molar-refractivity contribution in [3.05, 3.63) is 72.9 Å². The number of carbonyl (C=O) groups excluding carboxylic acids is 1. The quantitative estimate of drug-likeness (QED) is 0.0421. The van der Waals surface area contributed by atoms with Gasteiger partial charge in [-0.25, -0.2) is 0 Å². The van der Waals surface area contributed by atoms with Crippen molar-refractivity contribution in [2.75, 3.05) is 6.61 Å². The van der Waals surface area contributed by atoms with Gasteiger partial charge in [0.1, 0.15) is 0 Å². The molecule has 0 fully saturated rings. The molecule has 4 nitrogen and oxygen atoms in total. The Morgan fingerprint density at radius 3 is 1.02 bits per heavy atom. The van der Waals surface area contributed by atoms with E-state index in [1.807, 2.05) is 6.08 Å². The summed E-state index contributed by atoms with van der Waals surface area (Å²) in [5, 5.41) is 23.0. The van der Waals surface area contributed by atoms with Crippen LogP contribution in [0.15, 0.2) is 72.9 Å². The molecular formula is C61H111NO3. The van der Waals surface area contributed by atoms with Crippen molar-refractivity contribution < 1.29 is 15.0 Å². The molecule has 0 radical (unpaired) electrons. The molecule has 65 heavy (non-hydrogen) atoms. The minimum atomic E-state index is -0.870. The van der Waals surface area contributed by atoms with Crippen LogP contribution in [0.2, 0.25) is 0 Å². The van der Waals surface area contributed by atoms with Gasteiger partial charge in [-0.15, -0.1) is 0 Å². The Balaban J connectivity index is 3.43. The number of nitrogens with one attached hydrogen (secondary N) is 1. The van der Waals surface area contributed by atoms with Gasteiger partial charge in [0.15, 0.2) is 0 Å². The molecule has 0 heterocycles. The first kappa shape index (κ1) is 62.8. The predicted octanol–water partition coefficient (Wildman–Crippen LogP) is 19.0. The summed E-state index contributed by atoms with van der Waals surface area (Å²) in [6.45, 7) is 4.27. The van der Waals surface area contributed by atoms with E-state index >= 15 is 0 Å². The summed E-state index contributed by atoms with van der Waals surface area (Å²) in [5.41, 5.74) is 0. The van der Waals surface area contributed by atoms with E-state index in [4.69, 9.17) is 0 Å². The number of rotatable bonds is 52. The number of hydrogen-bond donors (Lipinski definition) is 3. The molecule has 2 unspecified atom stereocenters. The Hall–Kier alpha value is -2.17. The monoisotopic (exact) mass is 906 g/mol. The van der Waals surface area contributed by atoms with E-state index < -0.39 is 12.1 Å². The maximum atomic E-state index is 12.4. The van der Waals surface area contributed by atoms with Gasteiger partial charge in [0.2, 0.25) is 5.91 Å². The molecule has 0 aliphatic heterocycles. The van der Waals surface area contributed by atoms with Gasteiger partial charge in [-0.05, 0) is 83.5 Å². The van der Waals surface area contributed by atoms with E-state index in [9.17, 15) is 15.0 Å². The van der Waals surface area contributed by atoms with E-state index in [2.05, 4.69) is 79.9 Å². The van der Waals surface area contributed by atoms with Crippen molar-refractivity contribution in [2.24, 2.45) is 0 Å². The standard InChI is InChI=1S/C61H111NO3/c1-3-5-7-9-11-13-15-17-19-20-21-22-23-24-25-26-27-28-29-30-31-32-33-34-35-36-37-38-39-40-41-42-43-45-47-49-51-53-55-57-61(65)62-59(58-63)60(64)56-54-52-50-48-46-44-18-16-14-12-10-8-6-4-2/h14-17,20-21,23-24,46,48,54,56,59-60,63-64H,3-13,18-19,22,25-45,47,49-53,55,57-58H2,1-2H3,(H,62,65)/b16-14+,17-15-,21-20-,24-23-,48-46+,56-54+. The number of allylic oxidation sites excluding steroid dienone is 11. The van der Waals surface area contributed by atoms with Crippen LogP contribution in [0.4, 0.5) is 0 Å². The molecule has 0 saturated carbocycles. The molecule has 0 aromatic heterocycles. The second-order valence-corrected chi connectivity index (χ2v) is 19.3. The Labute approximate surface area is 406 Å². The van der Waals surface area contributed by atoms with Crippen LogP contribution in [0.5, 0.6) is 0 Å². The third-order valence-corrected chi connectivity index (χ3v) is 12.9. The lowest BCUT2D eigenvalue weighted by atomic mass is 10.0. The average Bonchev–Trinajstić information content (AvgIpc) is 3.31. The van der Waals surface area contributed by atoms with Gasteiger partial charge in [0.25, 0.3) is 0 Å². The van der Waals surface area contributed by atoms with Crippen molar-refractivity contribution in [3.8, 4) is 0 Å². The molecule has 0 bridgehead atoms. The van der Waals surface area contributed by atoms with Crippen molar-refractivity contribution >= 4 is 5.91 Å². The third kappa shape index (κ3) is 52.7. The summed E-state index contributed by atoms with van der Waals surface area (Å²) in [6, 6.07) is -0.646. The van der Waals surface area contributed by atoms with Gasteiger partial charge < -0.3 is 15.5 Å². The van der Waals surface area contributed by atoms with Crippen molar-refractivity contribution in [1.82, 2.24) is 5.32 Å². The van der Waals surface area contributed by atoms with Crippen LogP contribution in [-0.2, 0) is 4.79 Å². The maximum Gasteiger partial charge on any atom is 0.220 e. The number of unbranched alkanes of at least 4 members (excludes halogenated alkanes) is 35. The number of aliphatic hydroxyl groups excluding tert-OH is 2. The Morgan fingerprint density at radius 2 is 0.646 bits per heavy atom. The second-order valence-electron chi connectivity index (χ2n) is 19.3. The predicted molar refractivity (Wildman–Crippen MR) is 290 cm³/mol. The summed E-state index contributed by atoms with van der Waals surface area (Å²) in [4.78, 5) is 12.4. The topological polar surface area (TPSA) is 69.6 Å². The third-order valence-electron chi connectivity index (χ3n) is 12.9. The van der Waals surface area contributed by atoms with Crippen molar-refractivity contribution in [3.63, 3.8) is 0 Å². The minimum absolute atomic E-state index is 0.0762. The lowest BCUT2D eigenvalue weighted by Crippen LogP contribution is -2.45. The number of hydrogen-bond acceptors (Lipinski definition) is 3. The van der Waals surface area contributed by atoms with Gasteiger partial charge in [-0.1, -0.05) is 273 Å². The molecule has 0 saturated heterocycles. The summed E-state index contributed by atoms with van der Waals surface area (Å²) >= 11 is 0. The van der Waals surface area contributed by atoms with E-state index in [0.29, 0.717) is 6.42 Å². The number of amides is 1. The minimum Gasteiger partial charge on any atom is -0.394 e. The number of aliphatic hydroxyl groups is 2. The summed E-state index contributed by atoms with van der Waals surface area (Å²) in [6.07, 6.45) is 80.8. The van der Waals surface area contributed by atoms with Crippen LogP contribution in [-0.4, -0.2) is 34.9 Å². The van der Waals surface area contributed by atoms with E-state index in [1.165, 1.54) is 218 Å². The van der Waals surface area contributed by atoms with Gasteiger partial charge >= 0.3 is 0 Å². The van der Waals surface area contributed by atoms with Crippen LogP contribution in [0.3, 0.4) is 0 Å². The summed E-state index contributed by atoms with van der Waals surface area (Å²) < 4.78 is 0. The lowest BCUT2D eigenvalue weighted by Gasteiger charge is -2.19. The van der Waals surface area contributed by atoms with Gasteiger partial charge in [0.05, 0.1) is 18.8 Å². The first-order valence-corrected chi connectivity index (χ1v) is 28.7. The fraction of sp³-hybridized carbons (Fsp3) is 0.787. The first-order chi connectivity index (χ1) is 32.2. The van der Waals surface area contributed by atoms with Crippen LogP contribution in [0.25, 0.3) is 0 Å². The zero-order valence-electron chi connectivity index (χ0n) is 43.5. The highest BCUT2D eigenvalue weighted by molar-refractivity contribution is 5.76. The van der Waals surface area contributed by atoms with E-state index in [0.717, 1.165) is 51.4 Å². The van der Waals surface area contributed by atoms with Crippen LogP contribution in [0.1, 0.15) is 290 Å². The molecule has 4 heteroatoms. The van der Waals surface area contributed by atoms with Crippen LogP contribution >= 0.6 is 0 Å². The Morgan fingerprint density at radius 1 is 0.369 bits per heavy atom. The number of carbonyl (C=O) groups is 1. The van der Waals surface area contributed by atoms with E-state index in [1.54, 1.807) is 6.08 Å². The lowest BCUT2D eigenvalue weighted by molar-refractivity contribution is -0.123. The molecule has 378 valence electrons. The molecule has 1 amide bonds. The van der Waals surface area contributed by atoms with Crippen molar-refractivity contribution in [2.45, 2.75) is 302 Å². The van der Waals surface area contributed by atoms with Crippen molar-refractivity contribution in [1.29, 1.82) is 0 Å². The Bertz CT molecular complexity index is 1120.